The van der Waals surface area contributed by atoms with Gasteiger partial charge in [-0.1, -0.05) is 23.9 Å². The van der Waals surface area contributed by atoms with Crippen molar-refractivity contribution in [2.24, 2.45) is 0 Å². The number of aliphatic hydroxyl groups excluding tert-OH is 1. The number of para-hydroxylation sites is 1. The molecule has 0 aliphatic carbocycles. The summed E-state index contributed by atoms with van der Waals surface area (Å²) in [6.07, 6.45) is -0.622. The standard InChI is InChI=1S/C13H19F2NO2S/c1-9(2)18-8-10(17)7-16-11-5-3-4-6-12(11)19-13(14)15/h3-6,9-10,13,16-17H,7-8H2,1-2H3. The molecule has 0 aliphatic heterocycles. The molecular weight excluding hydrogens is 272 g/mol. The molecule has 0 aromatic heterocycles. The predicted molar refractivity (Wildman–Crippen MR) is 73.9 cm³/mol. The van der Waals surface area contributed by atoms with Crippen LogP contribution in [0.25, 0.3) is 0 Å². The lowest BCUT2D eigenvalue weighted by Gasteiger charge is -2.16. The molecule has 6 heteroatoms. The van der Waals surface area contributed by atoms with Crippen molar-refractivity contribution < 1.29 is 18.6 Å². The third kappa shape index (κ3) is 6.75. The van der Waals surface area contributed by atoms with E-state index in [0.29, 0.717) is 22.3 Å². The maximum Gasteiger partial charge on any atom is 0.288 e. The zero-order chi connectivity index (χ0) is 14.3. The third-order valence-electron chi connectivity index (χ3n) is 2.25. The lowest BCUT2D eigenvalue weighted by atomic mass is 10.3. The number of ether oxygens (including phenoxy) is 1. The van der Waals surface area contributed by atoms with Gasteiger partial charge >= 0.3 is 0 Å². The highest BCUT2D eigenvalue weighted by Gasteiger charge is 2.11. The van der Waals surface area contributed by atoms with Crippen LogP contribution >= 0.6 is 11.8 Å². The lowest BCUT2D eigenvalue weighted by molar-refractivity contribution is 0.0112. The average Bonchev–Trinajstić information content (AvgIpc) is 2.34. The van der Waals surface area contributed by atoms with E-state index in [4.69, 9.17) is 4.74 Å². The molecule has 0 heterocycles. The van der Waals surface area contributed by atoms with E-state index in [1.807, 2.05) is 13.8 Å². The first-order valence-corrected chi connectivity index (χ1v) is 6.94. The number of benzene rings is 1. The Morgan fingerprint density at radius 3 is 2.63 bits per heavy atom. The van der Waals surface area contributed by atoms with Gasteiger partial charge in [0.25, 0.3) is 5.76 Å². The third-order valence-corrected chi connectivity index (χ3v) is 3.04. The van der Waals surface area contributed by atoms with Gasteiger partial charge in [-0.3, -0.25) is 0 Å². The fourth-order valence-electron chi connectivity index (χ4n) is 1.40. The summed E-state index contributed by atoms with van der Waals surface area (Å²) in [7, 11) is 0. The second-order valence-corrected chi connectivity index (χ2v) is 5.32. The monoisotopic (exact) mass is 291 g/mol. The topological polar surface area (TPSA) is 41.5 Å². The van der Waals surface area contributed by atoms with Crippen LogP contribution in [0.1, 0.15) is 13.8 Å². The van der Waals surface area contributed by atoms with Crippen molar-refractivity contribution in [3.8, 4) is 0 Å². The number of nitrogens with one attached hydrogen (secondary N) is 1. The van der Waals surface area contributed by atoms with Crippen LogP contribution in [0.2, 0.25) is 0 Å². The molecule has 0 bridgehead atoms. The number of thioether (sulfide) groups is 1. The van der Waals surface area contributed by atoms with Gasteiger partial charge in [0.1, 0.15) is 0 Å². The Kier molecular flexibility index (Phi) is 7.12. The summed E-state index contributed by atoms with van der Waals surface area (Å²) in [5, 5.41) is 12.6. The molecule has 0 saturated heterocycles. The van der Waals surface area contributed by atoms with Crippen molar-refractivity contribution in [3.05, 3.63) is 24.3 Å². The van der Waals surface area contributed by atoms with Gasteiger partial charge in [-0.25, -0.2) is 0 Å². The van der Waals surface area contributed by atoms with Crippen LogP contribution in [-0.2, 0) is 4.74 Å². The quantitative estimate of drug-likeness (QED) is 0.722. The molecule has 0 aliphatic rings. The minimum absolute atomic E-state index is 0.0522. The summed E-state index contributed by atoms with van der Waals surface area (Å²) in [5.74, 6) is -2.46. The second kappa shape index (κ2) is 8.35. The zero-order valence-corrected chi connectivity index (χ0v) is 11.8. The first-order chi connectivity index (χ1) is 8.99. The molecule has 0 fully saturated rings. The van der Waals surface area contributed by atoms with Crippen LogP contribution < -0.4 is 5.32 Å². The molecule has 3 nitrogen and oxygen atoms in total. The molecule has 0 amide bonds. The van der Waals surface area contributed by atoms with E-state index in [-0.39, 0.29) is 19.3 Å². The van der Waals surface area contributed by atoms with Gasteiger partial charge in [0.05, 0.1) is 18.8 Å². The fraction of sp³-hybridized carbons (Fsp3) is 0.538. The number of alkyl halides is 2. The van der Waals surface area contributed by atoms with Crippen molar-refractivity contribution in [1.29, 1.82) is 0 Å². The molecule has 0 radical (unpaired) electrons. The number of hydrogen-bond acceptors (Lipinski definition) is 4. The number of anilines is 1. The van der Waals surface area contributed by atoms with Gasteiger partial charge in [0, 0.05) is 17.1 Å². The van der Waals surface area contributed by atoms with Crippen molar-refractivity contribution in [2.45, 2.75) is 36.7 Å². The molecule has 1 unspecified atom stereocenters. The number of rotatable bonds is 8. The van der Waals surface area contributed by atoms with E-state index in [1.54, 1.807) is 24.3 Å². The van der Waals surface area contributed by atoms with Gasteiger partial charge in [-0.2, -0.15) is 8.78 Å². The highest BCUT2D eigenvalue weighted by molar-refractivity contribution is 7.99. The van der Waals surface area contributed by atoms with Crippen molar-refractivity contribution >= 4 is 17.4 Å². The SMILES string of the molecule is CC(C)OCC(O)CNc1ccccc1SC(F)F. The Bertz CT molecular complexity index is 377. The first-order valence-electron chi connectivity index (χ1n) is 6.06. The Morgan fingerprint density at radius 2 is 2.00 bits per heavy atom. The smallest absolute Gasteiger partial charge is 0.288 e. The van der Waals surface area contributed by atoms with Gasteiger partial charge in [0.2, 0.25) is 0 Å². The first kappa shape index (κ1) is 16.2. The molecule has 19 heavy (non-hydrogen) atoms. The van der Waals surface area contributed by atoms with Crippen LogP contribution in [0.4, 0.5) is 14.5 Å². The Labute approximate surface area is 116 Å². The lowest BCUT2D eigenvalue weighted by Crippen LogP contribution is -2.26. The largest absolute Gasteiger partial charge is 0.389 e. The van der Waals surface area contributed by atoms with Gasteiger partial charge in [0.15, 0.2) is 0 Å². The Balaban J connectivity index is 2.48. The number of hydrogen-bond donors (Lipinski definition) is 2. The molecule has 1 rings (SSSR count). The highest BCUT2D eigenvalue weighted by Crippen LogP contribution is 2.31. The highest BCUT2D eigenvalue weighted by atomic mass is 32.2. The molecule has 0 saturated carbocycles. The van der Waals surface area contributed by atoms with Crippen LogP contribution in [-0.4, -0.2) is 36.2 Å². The molecular formula is C13H19F2NO2S. The molecule has 1 aromatic rings. The van der Waals surface area contributed by atoms with Crippen LogP contribution in [0.5, 0.6) is 0 Å². The summed E-state index contributed by atoms with van der Waals surface area (Å²) in [6.45, 7) is 4.24. The summed E-state index contributed by atoms with van der Waals surface area (Å²) >= 11 is 0.486. The van der Waals surface area contributed by atoms with E-state index >= 15 is 0 Å². The summed E-state index contributed by atoms with van der Waals surface area (Å²) in [5.41, 5.74) is 0.594. The number of halogens is 2. The van der Waals surface area contributed by atoms with Crippen LogP contribution in [0.15, 0.2) is 29.2 Å². The van der Waals surface area contributed by atoms with Crippen LogP contribution in [0.3, 0.4) is 0 Å². The van der Waals surface area contributed by atoms with Gasteiger partial charge in [-0.05, 0) is 26.0 Å². The maximum absolute atomic E-state index is 12.4. The number of aliphatic hydroxyl groups is 1. The summed E-state index contributed by atoms with van der Waals surface area (Å²) in [4.78, 5) is 0.467. The fourth-order valence-corrected chi connectivity index (χ4v) is 2.02. The summed E-state index contributed by atoms with van der Waals surface area (Å²) in [6, 6.07) is 6.79. The van der Waals surface area contributed by atoms with E-state index < -0.39 is 11.9 Å². The molecule has 108 valence electrons. The molecule has 1 atom stereocenters. The van der Waals surface area contributed by atoms with Crippen molar-refractivity contribution in [1.82, 2.24) is 0 Å². The second-order valence-electron chi connectivity index (χ2n) is 4.29. The maximum atomic E-state index is 12.4. The molecule has 1 aromatic carbocycles. The normalized spacial score (nSPS) is 13.0. The summed E-state index contributed by atoms with van der Waals surface area (Å²) < 4.78 is 30.0. The minimum atomic E-state index is -2.46. The van der Waals surface area contributed by atoms with Gasteiger partial charge in [-0.15, -0.1) is 0 Å². The van der Waals surface area contributed by atoms with E-state index in [2.05, 4.69) is 5.32 Å². The van der Waals surface area contributed by atoms with E-state index in [9.17, 15) is 13.9 Å². The molecule has 0 spiro atoms. The minimum Gasteiger partial charge on any atom is -0.389 e. The zero-order valence-electron chi connectivity index (χ0n) is 11.0. The average molecular weight is 291 g/mol. The van der Waals surface area contributed by atoms with Gasteiger partial charge < -0.3 is 15.2 Å². The van der Waals surface area contributed by atoms with Crippen molar-refractivity contribution in [2.75, 3.05) is 18.5 Å². The Morgan fingerprint density at radius 1 is 1.32 bits per heavy atom. The predicted octanol–water partition coefficient (Wildman–Crippen LogP) is 3.20. The van der Waals surface area contributed by atoms with E-state index in [1.165, 1.54) is 0 Å². The van der Waals surface area contributed by atoms with E-state index in [0.717, 1.165) is 0 Å². The van der Waals surface area contributed by atoms with Crippen molar-refractivity contribution in [3.63, 3.8) is 0 Å². The Hall–Kier alpha value is -0.850. The van der Waals surface area contributed by atoms with Crippen LogP contribution in [0, 0.1) is 0 Å². The molecule has 2 N–H and O–H groups in total.